The summed E-state index contributed by atoms with van der Waals surface area (Å²) in [5.74, 6) is 0.000463. The number of amides is 1. The molecule has 2 nitrogen and oxygen atoms in total. The summed E-state index contributed by atoms with van der Waals surface area (Å²) in [6.45, 7) is 0. The first-order chi connectivity index (χ1) is 10.3. The maximum absolute atomic E-state index is 12.9. The zero-order valence-electron chi connectivity index (χ0n) is 11.7. The summed E-state index contributed by atoms with van der Waals surface area (Å²) in [5.41, 5.74) is 1.20. The Balaban J connectivity index is 1.95. The first-order valence-corrected chi connectivity index (χ1v) is 7.08. The van der Waals surface area contributed by atoms with Gasteiger partial charge in [0.1, 0.15) is 0 Å². The zero-order chi connectivity index (χ0) is 14.5. The molecule has 21 heavy (non-hydrogen) atoms. The Kier molecular flexibility index (Phi) is 3.69. The molecule has 104 valence electrons. The number of hydrogen-bond acceptors (Lipinski definition) is 1. The number of anilines is 1. The van der Waals surface area contributed by atoms with Crippen LogP contribution in [0.2, 0.25) is 0 Å². The Morgan fingerprint density at radius 1 is 0.905 bits per heavy atom. The van der Waals surface area contributed by atoms with Gasteiger partial charge >= 0.3 is 0 Å². The van der Waals surface area contributed by atoms with Crippen LogP contribution in [0.4, 0.5) is 5.69 Å². The van der Waals surface area contributed by atoms with Gasteiger partial charge in [0, 0.05) is 5.69 Å². The normalized spacial score (nSPS) is 20.2. The summed E-state index contributed by atoms with van der Waals surface area (Å²) >= 11 is 0. The van der Waals surface area contributed by atoms with Gasteiger partial charge < -0.3 is 5.32 Å². The highest BCUT2D eigenvalue weighted by molar-refractivity contribution is 6.01. The van der Waals surface area contributed by atoms with Crippen LogP contribution >= 0.6 is 0 Å². The first kappa shape index (κ1) is 13.4. The van der Waals surface area contributed by atoms with Crippen LogP contribution in [0.5, 0.6) is 0 Å². The molecule has 0 aromatic heterocycles. The quantitative estimate of drug-likeness (QED) is 0.898. The van der Waals surface area contributed by atoms with Crippen LogP contribution in [0.15, 0.2) is 85.0 Å². The number of hydrogen-bond donors (Lipinski definition) is 1. The second-order valence-corrected chi connectivity index (χ2v) is 5.15. The van der Waals surface area contributed by atoms with Gasteiger partial charge in [0.05, 0.1) is 5.41 Å². The summed E-state index contributed by atoms with van der Waals surface area (Å²) in [4.78, 5) is 12.9. The third-order valence-electron chi connectivity index (χ3n) is 3.79. The Labute approximate surface area is 124 Å². The fourth-order valence-corrected chi connectivity index (χ4v) is 2.63. The molecule has 0 fully saturated rings. The molecule has 0 saturated heterocycles. The van der Waals surface area contributed by atoms with Crippen molar-refractivity contribution in [2.45, 2.75) is 11.8 Å². The van der Waals surface area contributed by atoms with Crippen molar-refractivity contribution in [2.75, 3.05) is 5.32 Å². The Morgan fingerprint density at radius 2 is 1.57 bits per heavy atom. The molecule has 0 radical (unpaired) electrons. The van der Waals surface area contributed by atoms with Crippen LogP contribution in [-0.2, 0) is 10.2 Å². The standard InChI is InChI=1S/C19H17NO/c21-18(20-17-12-6-2-7-13-17)19(14-8-3-9-15-19)16-10-4-1-5-11-16/h1-14H,15H2,(H,20,21). The van der Waals surface area contributed by atoms with Crippen LogP contribution < -0.4 is 5.32 Å². The molecule has 0 heterocycles. The van der Waals surface area contributed by atoms with Crippen molar-refractivity contribution in [1.29, 1.82) is 0 Å². The molecule has 0 spiro atoms. The van der Waals surface area contributed by atoms with Crippen LogP contribution in [0.25, 0.3) is 0 Å². The molecule has 1 unspecified atom stereocenters. The number of allylic oxidation sites excluding steroid dienone is 3. The molecular formula is C19H17NO. The predicted molar refractivity (Wildman–Crippen MR) is 86.1 cm³/mol. The number of para-hydroxylation sites is 1. The Hall–Kier alpha value is -2.61. The number of carbonyl (C=O) groups is 1. The highest BCUT2D eigenvalue weighted by Gasteiger charge is 2.37. The largest absolute Gasteiger partial charge is 0.325 e. The summed E-state index contributed by atoms with van der Waals surface area (Å²) in [5, 5.41) is 3.03. The van der Waals surface area contributed by atoms with E-state index in [1.807, 2.05) is 85.0 Å². The topological polar surface area (TPSA) is 29.1 Å². The summed E-state index contributed by atoms with van der Waals surface area (Å²) in [6.07, 6.45) is 8.63. The zero-order valence-corrected chi connectivity index (χ0v) is 11.7. The van der Waals surface area contributed by atoms with Gasteiger partial charge in [-0.1, -0.05) is 72.8 Å². The van der Waals surface area contributed by atoms with Gasteiger partial charge in [0.2, 0.25) is 5.91 Å². The van der Waals surface area contributed by atoms with Crippen LogP contribution in [0, 0.1) is 0 Å². The van der Waals surface area contributed by atoms with E-state index in [2.05, 4.69) is 5.32 Å². The molecule has 2 heteroatoms. The molecule has 3 rings (SSSR count). The molecule has 0 saturated carbocycles. The van der Waals surface area contributed by atoms with Crippen molar-refractivity contribution in [3.05, 3.63) is 90.5 Å². The summed E-state index contributed by atoms with van der Waals surface area (Å²) < 4.78 is 0. The second kappa shape index (κ2) is 5.80. The van der Waals surface area contributed by atoms with E-state index in [0.717, 1.165) is 11.3 Å². The van der Waals surface area contributed by atoms with Crippen molar-refractivity contribution in [3.8, 4) is 0 Å². The van der Waals surface area contributed by atoms with E-state index < -0.39 is 5.41 Å². The number of carbonyl (C=O) groups excluding carboxylic acids is 1. The van der Waals surface area contributed by atoms with Gasteiger partial charge in [-0.3, -0.25) is 4.79 Å². The lowest BCUT2D eigenvalue weighted by Crippen LogP contribution is -2.39. The van der Waals surface area contributed by atoms with Gasteiger partial charge in [0.15, 0.2) is 0 Å². The summed E-state index contributed by atoms with van der Waals surface area (Å²) in [6, 6.07) is 19.5. The molecule has 1 N–H and O–H groups in total. The van der Waals surface area contributed by atoms with E-state index in [-0.39, 0.29) is 5.91 Å². The Bertz CT molecular complexity index is 673. The molecule has 1 atom stereocenters. The smallest absolute Gasteiger partial charge is 0.239 e. The predicted octanol–water partition coefficient (Wildman–Crippen LogP) is 4.08. The van der Waals surface area contributed by atoms with E-state index >= 15 is 0 Å². The van der Waals surface area contributed by atoms with E-state index in [1.54, 1.807) is 0 Å². The minimum absolute atomic E-state index is 0.000463. The molecule has 2 aromatic carbocycles. The fraction of sp³-hybridized carbons (Fsp3) is 0.105. The molecule has 0 aliphatic heterocycles. The first-order valence-electron chi connectivity index (χ1n) is 7.08. The van der Waals surface area contributed by atoms with E-state index in [4.69, 9.17) is 0 Å². The SMILES string of the molecule is O=C(Nc1ccccc1)C1(c2ccccc2)C=CC=CC1. The van der Waals surface area contributed by atoms with E-state index in [0.29, 0.717) is 6.42 Å². The van der Waals surface area contributed by atoms with Gasteiger partial charge in [-0.05, 0) is 24.1 Å². The van der Waals surface area contributed by atoms with Crippen molar-refractivity contribution < 1.29 is 4.79 Å². The minimum Gasteiger partial charge on any atom is -0.325 e. The number of rotatable bonds is 3. The summed E-state index contributed by atoms with van der Waals surface area (Å²) in [7, 11) is 0. The average molecular weight is 275 g/mol. The van der Waals surface area contributed by atoms with Gasteiger partial charge in [-0.2, -0.15) is 0 Å². The van der Waals surface area contributed by atoms with Crippen LogP contribution in [0.1, 0.15) is 12.0 Å². The second-order valence-electron chi connectivity index (χ2n) is 5.15. The lowest BCUT2D eigenvalue weighted by molar-refractivity contribution is -0.120. The third kappa shape index (κ3) is 2.65. The third-order valence-corrected chi connectivity index (χ3v) is 3.79. The Morgan fingerprint density at radius 3 is 2.19 bits per heavy atom. The van der Waals surface area contributed by atoms with Gasteiger partial charge in [-0.15, -0.1) is 0 Å². The number of benzene rings is 2. The molecule has 1 aliphatic rings. The fourth-order valence-electron chi connectivity index (χ4n) is 2.63. The van der Waals surface area contributed by atoms with Gasteiger partial charge in [0.25, 0.3) is 0 Å². The maximum Gasteiger partial charge on any atom is 0.239 e. The minimum atomic E-state index is -0.633. The monoisotopic (exact) mass is 275 g/mol. The van der Waals surface area contributed by atoms with Crippen molar-refractivity contribution in [2.24, 2.45) is 0 Å². The van der Waals surface area contributed by atoms with Crippen molar-refractivity contribution in [3.63, 3.8) is 0 Å². The van der Waals surface area contributed by atoms with Crippen molar-refractivity contribution >= 4 is 11.6 Å². The lowest BCUT2D eigenvalue weighted by Gasteiger charge is -2.30. The molecule has 1 amide bonds. The number of nitrogens with one attached hydrogen (secondary N) is 1. The maximum atomic E-state index is 12.9. The highest BCUT2D eigenvalue weighted by Crippen LogP contribution is 2.34. The van der Waals surface area contributed by atoms with E-state index in [9.17, 15) is 4.79 Å². The van der Waals surface area contributed by atoms with E-state index in [1.165, 1.54) is 0 Å². The van der Waals surface area contributed by atoms with Crippen molar-refractivity contribution in [1.82, 2.24) is 0 Å². The highest BCUT2D eigenvalue weighted by atomic mass is 16.2. The molecular weight excluding hydrogens is 258 g/mol. The lowest BCUT2D eigenvalue weighted by atomic mass is 9.74. The molecule has 1 aliphatic carbocycles. The van der Waals surface area contributed by atoms with Crippen LogP contribution in [0.3, 0.4) is 0 Å². The average Bonchev–Trinajstić information content (AvgIpc) is 2.57. The molecule has 0 bridgehead atoms. The molecule has 2 aromatic rings. The van der Waals surface area contributed by atoms with Crippen LogP contribution in [-0.4, -0.2) is 5.91 Å². The van der Waals surface area contributed by atoms with Gasteiger partial charge in [-0.25, -0.2) is 0 Å².